The first-order chi connectivity index (χ1) is 13.1. The van der Waals surface area contributed by atoms with E-state index < -0.39 is 41.2 Å². The number of anilines is 2. The number of fused-ring (bicyclic) bond motifs is 1. The number of hydrogen-bond acceptors (Lipinski definition) is 5. The number of benzene rings is 1. The molecule has 1 atom stereocenters. The van der Waals surface area contributed by atoms with Crippen LogP contribution >= 0.6 is 0 Å². The predicted octanol–water partition coefficient (Wildman–Crippen LogP) is 3.82. The number of aryl methyl sites for hydroxylation is 1. The second-order valence-corrected chi connectivity index (χ2v) is 5.76. The van der Waals surface area contributed by atoms with Crippen molar-refractivity contribution in [1.29, 1.82) is 0 Å². The number of amides is 2. The minimum absolute atomic E-state index is 0.0120. The van der Waals surface area contributed by atoms with Crippen LogP contribution in [0.3, 0.4) is 0 Å². The Balaban J connectivity index is 1.94. The summed E-state index contributed by atoms with van der Waals surface area (Å²) in [6, 6.07) is -2.53. The molecule has 3 aromatic rings. The molecule has 148 valence electrons. The highest BCUT2D eigenvalue weighted by molar-refractivity contribution is 5.89. The van der Waals surface area contributed by atoms with Crippen molar-refractivity contribution in [3.8, 4) is 0 Å². The van der Waals surface area contributed by atoms with Gasteiger partial charge in [-0.1, -0.05) is 0 Å². The molecule has 3 rings (SSSR count). The summed E-state index contributed by atoms with van der Waals surface area (Å²) >= 11 is 0. The van der Waals surface area contributed by atoms with E-state index in [-0.39, 0.29) is 22.6 Å². The van der Waals surface area contributed by atoms with E-state index in [1.54, 1.807) is 5.32 Å². The Kier molecular flexibility index (Phi) is 4.79. The summed E-state index contributed by atoms with van der Waals surface area (Å²) < 4.78 is 72.8. The number of rotatable bonds is 3. The predicted molar refractivity (Wildman–Crippen MR) is 88.3 cm³/mol. The topological polar surface area (TPSA) is 106 Å². The molecule has 0 aliphatic rings. The lowest BCUT2D eigenvalue weighted by Crippen LogP contribution is -2.40. The van der Waals surface area contributed by atoms with Crippen molar-refractivity contribution in [2.75, 3.05) is 11.1 Å². The van der Waals surface area contributed by atoms with Gasteiger partial charge < -0.3 is 20.8 Å². The van der Waals surface area contributed by atoms with Crippen LogP contribution in [0, 0.1) is 18.6 Å². The molecule has 0 spiro atoms. The number of furan rings is 1. The summed E-state index contributed by atoms with van der Waals surface area (Å²) in [5, 5.41) is 3.64. The van der Waals surface area contributed by atoms with Gasteiger partial charge in [-0.3, -0.25) is 0 Å². The fraction of sp³-hybridized carbons (Fsp3) is 0.188. The standard InChI is InChI=1S/C16H12F5N5O2/c1-6-9-2-7(17)3-10(18)12(9)28-11(6)13(16(19,20)21)26-15(27)25-8-4-23-14(22)24-5-8/h2-5,13H,1H3,(H2,22,23,24)(H2,25,26,27)/t13-/m1/s1. The molecule has 0 saturated carbocycles. The van der Waals surface area contributed by atoms with Gasteiger partial charge in [-0.15, -0.1) is 0 Å². The molecule has 2 amide bonds. The summed E-state index contributed by atoms with van der Waals surface area (Å²) in [5.74, 6) is -2.99. The highest BCUT2D eigenvalue weighted by Crippen LogP contribution is 2.39. The SMILES string of the molecule is Cc1c([C@@H](NC(=O)Nc2cnc(N)nc2)C(F)(F)F)oc2c(F)cc(F)cc12. The van der Waals surface area contributed by atoms with Gasteiger partial charge in [-0.2, -0.15) is 13.2 Å². The largest absolute Gasteiger partial charge is 0.455 e. The third kappa shape index (κ3) is 3.80. The Morgan fingerprint density at radius 1 is 1.21 bits per heavy atom. The van der Waals surface area contributed by atoms with E-state index in [2.05, 4.69) is 15.3 Å². The lowest BCUT2D eigenvalue weighted by molar-refractivity contribution is -0.158. The molecule has 2 aromatic heterocycles. The number of nitrogen functional groups attached to an aromatic ring is 1. The third-order valence-corrected chi connectivity index (χ3v) is 3.79. The highest BCUT2D eigenvalue weighted by atomic mass is 19.4. The minimum atomic E-state index is -4.98. The Bertz CT molecular complexity index is 1030. The van der Waals surface area contributed by atoms with Crippen LogP contribution in [0.25, 0.3) is 11.0 Å². The molecule has 7 nitrogen and oxygen atoms in total. The zero-order valence-electron chi connectivity index (χ0n) is 14.1. The zero-order chi connectivity index (χ0) is 20.6. The summed E-state index contributed by atoms with van der Waals surface area (Å²) in [6.07, 6.45) is -2.80. The van der Waals surface area contributed by atoms with Crippen molar-refractivity contribution in [2.24, 2.45) is 0 Å². The molecule has 0 saturated heterocycles. The van der Waals surface area contributed by atoms with Gasteiger partial charge in [-0.25, -0.2) is 23.5 Å². The average Bonchev–Trinajstić information content (AvgIpc) is 2.91. The zero-order valence-corrected chi connectivity index (χ0v) is 14.1. The fourth-order valence-electron chi connectivity index (χ4n) is 2.53. The number of nitrogens with zero attached hydrogens (tertiary/aromatic N) is 2. The molecular weight excluding hydrogens is 389 g/mol. The van der Waals surface area contributed by atoms with E-state index >= 15 is 0 Å². The Hall–Kier alpha value is -3.44. The maximum Gasteiger partial charge on any atom is 0.416 e. The molecule has 0 radical (unpaired) electrons. The van der Waals surface area contributed by atoms with E-state index in [1.165, 1.54) is 6.92 Å². The van der Waals surface area contributed by atoms with E-state index in [0.717, 1.165) is 18.5 Å². The first kappa shape index (κ1) is 19.3. The van der Waals surface area contributed by atoms with Gasteiger partial charge >= 0.3 is 12.2 Å². The van der Waals surface area contributed by atoms with Crippen molar-refractivity contribution < 1.29 is 31.2 Å². The lowest BCUT2D eigenvalue weighted by atomic mass is 10.1. The Labute approximate surface area is 153 Å². The summed E-state index contributed by atoms with van der Waals surface area (Å²) in [4.78, 5) is 19.2. The number of nitrogens with two attached hydrogens (primary N) is 1. The van der Waals surface area contributed by atoms with Crippen LogP contribution < -0.4 is 16.4 Å². The van der Waals surface area contributed by atoms with Crippen molar-refractivity contribution >= 4 is 28.6 Å². The van der Waals surface area contributed by atoms with Crippen molar-refractivity contribution in [3.63, 3.8) is 0 Å². The van der Waals surface area contributed by atoms with Crippen molar-refractivity contribution in [3.05, 3.63) is 47.5 Å². The summed E-state index contributed by atoms with van der Waals surface area (Å²) in [5.41, 5.74) is 4.56. The van der Waals surface area contributed by atoms with Gasteiger partial charge in [0.05, 0.1) is 18.1 Å². The van der Waals surface area contributed by atoms with Gasteiger partial charge in [0, 0.05) is 17.0 Å². The number of hydrogen-bond donors (Lipinski definition) is 3. The van der Waals surface area contributed by atoms with E-state index in [0.29, 0.717) is 6.07 Å². The van der Waals surface area contributed by atoms with Crippen LogP contribution in [-0.4, -0.2) is 22.2 Å². The lowest BCUT2D eigenvalue weighted by Gasteiger charge is -2.20. The van der Waals surface area contributed by atoms with Crippen LogP contribution in [0.1, 0.15) is 17.4 Å². The monoisotopic (exact) mass is 401 g/mol. The molecule has 0 bridgehead atoms. The van der Waals surface area contributed by atoms with Crippen molar-refractivity contribution in [1.82, 2.24) is 15.3 Å². The van der Waals surface area contributed by atoms with Gasteiger partial charge in [0.15, 0.2) is 17.4 Å². The fourth-order valence-corrected chi connectivity index (χ4v) is 2.53. The average molecular weight is 401 g/mol. The van der Waals surface area contributed by atoms with Crippen LogP contribution in [0.2, 0.25) is 0 Å². The quantitative estimate of drug-likeness (QED) is 0.579. The van der Waals surface area contributed by atoms with Crippen LogP contribution in [0.4, 0.5) is 38.4 Å². The van der Waals surface area contributed by atoms with Gasteiger partial charge in [0.1, 0.15) is 11.6 Å². The molecule has 0 fully saturated rings. The summed E-state index contributed by atoms with van der Waals surface area (Å²) in [7, 11) is 0. The molecule has 4 N–H and O–H groups in total. The number of urea groups is 1. The first-order valence-electron chi connectivity index (χ1n) is 7.66. The third-order valence-electron chi connectivity index (χ3n) is 3.79. The number of aromatic nitrogens is 2. The molecule has 28 heavy (non-hydrogen) atoms. The van der Waals surface area contributed by atoms with E-state index in [9.17, 15) is 26.7 Å². The maximum absolute atomic E-state index is 13.8. The molecule has 2 heterocycles. The highest BCUT2D eigenvalue weighted by Gasteiger charge is 2.45. The molecule has 0 aliphatic heterocycles. The number of nitrogens with one attached hydrogen (secondary N) is 2. The number of halogens is 5. The first-order valence-corrected chi connectivity index (χ1v) is 7.66. The van der Waals surface area contributed by atoms with E-state index in [4.69, 9.17) is 10.2 Å². The molecule has 0 unspecified atom stereocenters. The Morgan fingerprint density at radius 3 is 2.46 bits per heavy atom. The van der Waals surface area contributed by atoms with Gasteiger partial charge in [-0.05, 0) is 13.0 Å². The molecule has 0 aliphatic carbocycles. The van der Waals surface area contributed by atoms with Crippen LogP contribution in [-0.2, 0) is 0 Å². The molecular formula is C16H12F5N5O2. The van der Waals surface area contributed by atoms with Gasteiger partial charge in [0.25, 0.3) is 0 Å². The second-order valence-electron chi connectivity index (χ2n) is 5.76. The molecule has 12 heteroatoms. The molecule has 1 aromatic carbocycles. The van der Waals surface area contributed by atoms with Crippen molar-refractivity contribution in [2.45, 2.75) is 19.1 Å². The number of alkyl halides is 3. The maximum atomic E-state index is 13.8. The van der Waals surface area contributed by atoms with Gasteiger partial charge in [0.2, 0.25) is 5.95 Å². The van der Waals surface area contributed by atoms with Crippen LogP contribution in [0.5, 0.6) is 0 Å². The number of carbonyl (C=O) groups is 1. The van der Waals surface area contributed by atoms with E-state index in [1.807, 2.05) is 0 Å². The minimum Gasteiger partial charge on any atom is -0.455 e. The Morgan fingerprint density at radius 2 is 1.86 bits per heavy atom. The number of carbonyl (C=O) groups excluding carboxylic acids is 1. The summed E-state index contributed by atoms with van der Waals surface area (Å²) in [6.45, 7) is 1.20. The second kappa shape index (κ2) is 6.94. The smallest absolute Gasteiger partial charge is 0.416 e. The van der Waals surface area contributed by atoms with Crippen LogP contribution in [0.15, 0.2) is 28.9 Å². The normalized spacial score (nSPS) is 12.8.